The highest BCUT2D eigenvalue weighted by atomic mass is 16.4. The molecule has 4 nitrogen and oxygen atoms in total. The Kier molecular flexibility index (Phi) is 2.77. The van der Waals surface area contributed by atoms with E-state index in [0.29, 0.717) is 6.54 Å². The summed E-state index contributed by atoms with van der Waals surface area (Å²) in [5.74, 6) is -0.658. The minimum absolute atomic E-state index is 0.449. The smallest absolute Gasteiger partial charge is 0.310 e. The van der Waals surface area contributed by atoms with Crippen molar-refractivity contribution in [3.63, 3.8) is 0 Å². The Morgan fingerprint density at radius 2 is 2.40 bits per heavy atom. The molecule has 0 amide bonds. The predicted octanol–water partition coefficient (Wildman–Crippen LogP) is 1.01. The molecular formula is C11H16N2O2. The van der Waals surface area contributed by atoms with Crippen LogP contribution in [0.1, 0.15) is 18.5 Å². The molecule has 1 heterocycles. The number of aromatic amines is 1. The summed E-state index contributed by atoms with van der Waals surface area (Å²) in [6.45, 7) is 1.43. The van der Waals surface area contributed by atoms with Crippen LogP contribution in [0.2, 0.25) is 0 Å². The maximum Gasteiger partial charge on any atom is 0.310 e. The molecule has 1 aliphatic rings. The van der Waals surface area contributed by atoms with E-state index in [4.69, 9.17) is 5.11 Å². The Balaban J connectivity index is 1.66. The first-order valence-electron chi connectivity index (χ1n) is 5.29. The van der Waals surface area contributed by atoms with Gasteiger partial charge in [0.2, 0.25) is 0 Å². The van der Waals surface area contributed by atoms with E-state index in [1.54, 1.807) is 0 Å². The van der Waals surface area contributed by atoms with Gasteiger partial charge in [-0.2, -0.15) is 0 Å². The number of hydrogen-bond donors (Lipinski definition) is 3. The van der Waals surface area contributed by atoms with E-state index < -0.39 is 11.4 Å². The zero-order valence-corrected chi connectivity index (χ0v) is 8.62. The van der Waals surface area contributed by atoms with Crippen LogP contribution < -0.4 is 5.32 Å². The summed E-state index contributed by atoms with van der Waals surface area (Å²) in [4.78, 5) is 14.0. The summed E-state index contributed by atoms with van der Waals surface area (Å²) in [6.07, 6.45) is 4.45. The molecule has 4 heteroatoms. The van der Waals surface area contributed by atoms with Gasteiger partial charge in [-0.1, -0.05) is 0 Å². The van der Waals surface area contributed by atoms with E-state index >= 15 is 0 Å². The number of hydrogen-bond acceptors (Lipinski definition) is 2. The van der Waals surface area contributed by atoms with Crippen LogP contribution in [0, 0.1) is 5.41 Å². The topological polar surface area (TPSA) is 65.1 Å². The lowest BCUT2D eigenvalue weighted by atomic mass is 10.1. The summed E-state index contributed by atoms with van der Waals surface area (Å²) in [5.41, 5.74) is 0.734. The fraction of sp³-hybridized carbons (Fsp3) is 0.545. The van der Waals surface area contributed by atoms with Crippen LogP contribution in [0.4, 0.5) is 0 Å². The number of H-pyrrole nitrogens is 1. The first-order valence-corrected chi connectivity index (χ1v) is 5.29. The first kappa shape index (κ1) is 10.2. The van der Waals surface area contributed by atoms with Crippen LogP contribution >= 0.6 is 0 Å². The Morgan fingerprint density at radius 1 is 1.60 bits per heavy atom. The number of aromatic nitrogens is 1. The van der Waals surface area contributed by atoms with Crippen LogP contribution in [0.3, 0.4) is 0 Å². The number of rotatable bonds is 6. The molecule has 0 saturated heterocycles. The maximum atomic E-state index is 10.9. The van der Waals surface area contributed by atoms with E-state index in [1.165, 1.54) is 5.69 Å². The van der Waals surface area contributed by atoms with Crippen molar-refractivity contribution in [3.8, 4) is 0 Å². The highest BCUT2D eigenvalue weighted by Gasteiger charge is 2.49. The Hall–Kier alpha value is -1.29. The van der Waals surface area contributed by atoms with Gasteiger partial charge in [-0.25, -0.2) is 0 Å². The molecule has 15 heavy (non-hydrogen) atoms. The Labute approximate surface area is 88.7 Å². The molecule has 0 aliphatic heterocycles. The molecule has 0 spiro atoms. The van der Waals surface area contributed by atoms with E-state index in [9.17, 15) is 4.79 Å². The monoisotopic (exact) mass is 208 g/mol. The zero-order chi connectivity index (χ0) is 10.7. The third-order valence-corrected chi connectivity index (χ3v) is 3.00. The SMILES string of the molecule is O=C(O)C1(CNCCc2ccc[nH]2)CC1. The number of aliphatic carboxylic acids is 1. The van der Waals surface area contributed by atoms with Crippen LogP contribution in [0.5, 0.6) is 0 Å². The highest BCUT2D eigenvalue weighted by Crippen LogP contribution is 2.45. The van der Waals surface area contributed by atoms with Gasteiger partial charge in [0.25, 0.3) is 0 Å². The van der Waals surface area contributed by atoms with Crippen LogP contribution in [0.15, 0.2) is 18.3 Å². The summed E-state index contributed by atoms with van der Waals surface area (Å²) < 4.78 is 0. The second-order valence-electron chi connectivity index (χ2n) is 4.21. The molecule has 1 saturated carbocycles. The van der Waals surface area contributed by atoms with Gasteiger partial charge >= 0.3 is 5.97 Å². The number of carboxylic acids is 1. The fourth-order valence-corrected chi connectivity index (χ4v) is 1.69. The van der Waals surface area contributed by atoms with Crippen molar-refractivity contribution in [1.82, 2.24) is 10.3 Å². The summed E-state index contributed by atoms with van der Waals surface area (Å²) >= 11 is 0. The molecule has 1 aliphatic carbocycles. The van der Waals surface area contributed by atoms with Gasteiger partial charge in [-0.15, -0.1) is 0 Å². The molecule has 2 rings (SSSR count). The summed E-state index contributed by atoms with van der Waals surface area (Å²) in [5, 5.41) is 12.1. The minimum atomic E-state index is -0.658. The minimum Gasteiger partial charge on any atom is -0.481 e. The number of carbonyl (C=O) groups is 1. The number of nitrogens with one attached hydrogen (secondary N) is 2. The lowest BCUT2D eigenvalue weighted by Crippen LogP contribution is -2.31. The zero-order valence-electron chi connectivity index (χ0n) is 8.62. The average Bonchev–Trinajstić information content (AvgIpc) is 2.83. The Morgan fingerprint density at radius 3 is 2.93 bits per heavy atom. The standard InChI is InChI=1S/C11H16N2O2/c14-10(15)11(4-5-11)8-12-7-3-9-2-1-6-13-9/h1-2,6,12-13H,3-5,7-8H2,(H,14,15). The number of carboxylic acid groups (broad SMARTS) is 1. The maximum absolute atomic E-state index is 10.9. The van der Waals surface area contributed by atoms with Crippen LogP contribution in [-0.2, 0) is 11.2 Å². The summed E-state index contributed by atoms with van der Waals surface area (Å²) in [6, 6.07) is 4.00. The molecule has 0 bridgehead atoms. The van der Waals surface area contributed by atoms with Crippen LogP contribution in [0.25, 0.3) is 0 Å². The second-order valence-corrected chi connectivity index (χ2v) is 4.21. The van der Waals surface area contributed by atoms with E-state index in [2.05, 4.69) is 10.3 Å². The van der Waals surface area contributed by atoms with Crippen molar-refractivity contribution in [3.05, 3.63) is 24.0 Å². The molecule has 0 atom stereocenters. The molecule has 1 fully saturated rings. The lowest BCUT2D eigenvalue weighted by molar-refractivity contribution is -0.143. The molecule has 0 radical (unpaired) electrons. The van der Waals surface area contributed by atoms with Gasteiger partial charge in [-0.05, 0) is 31.4 Å². The van der Waals surface area contributed by atoms with Crippen molar-refractivity contribution >= 4 is 5.97 Å². The largest absolute Gasteiger partial charge is 0.481 e. The van der Waals surface area contributed by atoms with Gasteiger partial charge in [0.1, 0.15) is 0 Å². The molecule has 1 aromatic heterocycles. The van der Waals surface area contributed by atoms with Crippen molar-refractivity contribution in [2.45, 2.75) is 19.3 Å². The van der Waals surface area contributed by atoms with Gasteiger partial charge in [0, 0.05) is 25.0 Å². The normalized spacial score (nSPS) is 17.6. The second kappa shape index (κ2) is 4.06. The third-order valence-electron chi connectivity index (χ3n) is 3.00. The van der Waals surface area contributed by atoms with Gasteiger partial charge in [0.15, 0.2) is 0 Å². The van der Waals surface area contributed by atoms with E-state index in [-0.39, 0.29) is 0 Å². The molecule has 0 aromatic carbocycles. The Bertz CT molecular complexity index is 328. The summed E-state index contributed by atoms with van der Waals surface area (Å²) in [7, 11) is 0. The van der Waals surface area contributed by atoms with Crippen molar-refractivity contribution < 1.29 is 9.90 Å². The molecule has 82 valence electrons. The lowest BCUT2D eigenvalue weighted by Gasteiger charge is -2.10. The van der Waals surface area contributed by atoms with E-state index in [0.717, 1.165) is 25.8 Å². The molecule has 1 aromatic rings. The average molecular weight is 208 g/mol. The molecule has 3 N–H and O–H groups in total. The van der Waals surface area contributed by atoms with Gasteiger partial charge in [0.05, 0.1) is 5.41 Å². The van der Waals surface area contributed by atoms with E-state index in [1.807, 2.05) is 18.3 Å². The van der Waals surface area contributed by atoms with Crippen molar-refractivity contribution in [2.24, 2.45) is 5.41 Å². The molecular weight excluding hydrogens is 192 g/mol. The van der Waals surface area contributed by atoms with Crippen molar-refractivity contribution in [2.75, 3.05) is 13.1 Å². The van der Waals surface area contributed by atoms with Crippen molar-refractivity contribution in [1.29, 1.82) is 0 Å². The fourth-order valence-electron chi connectivity index (χ4n) is 1.69. The van der Waals surface area contributed by atoms with Gasteiger partial charge < -0.3 is 15.4 Å². The predicted molar refractivity (Wildman–Crippen MR) is 56.7 cm³/mol. The van der Waals surface area contributed by atoms with Crippen LogP contribution in [-0.4, -0.2) is 29.1 Å². The molecule has 0 unspecified atom stereocenters. The highest BCUT2D eigenvalue weighted by molar-refractivity contribution is 5.78. The first-order chi connectivity index (χ1) is 7.23. The van der Waals surface area contributed by atoms with Gasteiger partial charge in [-0.3, -0.25) is 4.79 Å². The quantitative estimate of drug-likeness (QED) is 0.611. The third kappa shape index (κ3) is 2.39.